The maximum Gasteiger partial charge on any atom is 0.170 e. The molecular formula is C12H17BrN2OS. The summed E-state index contributed by atoms with van der Waals surface area (Å²) in [5.74, 6) is 1.34. The van der Waals surface area contributed by atoms with Crippen molar-refractivity contribution in [3.8, 4) is 5.75 Å². The van der Waals surface area contributed by atoms with E-state index in [1.54, 1.807) is 7.11 Å². The Morgan fingerprint density at radius 1 is 1.47 bits per heavy atom. The Labute approximate surface area is 116 Å². The monoisotopic (exact) mass is 316 g/mol. The van der Waals surface area contributed by atoms with Crippen molar-refractivity contribution in [1.82, 2.24) is 5.32 Å². The second-order valence-electron chi connectivity index (χ2n) is 4.08. The van der Waals surface area contributed by atoms with Crippen LogP contribution in [0.4, 0.5) is 5.69 Å². The lowest BCUT2D eigenvalue weighted by molar-refractivity contribution is 0.412. The lowest BCUT2D eigenvalue weighted by Crippen LogP contribution is -2.31. The summed E-state index contributed by atoms with van der Waals surface area (Å²) >= 11 is 8.60. The summed E-state index contributed by atoms with van der Waals surface area (Å²) < 4.78 is 6.14. The SMILES string of the molecule is COc1cc(NC(=S)NCC(C)C)ccc1Br. The van der Waals surface area contributed by atoms with Crippen LogP contribution < -0.4 is 15.4 Å². The molecule has 2 N–H and O–H groups in total. The van der Waals surface area contributed by atoms with Crippen LogP contribution in [0.3, 0.4) is 0 Å². The first-order chi connectivity index (χ1) is 8.02. The summed E-state index contributed by atoms with van der Waals surface area (Å²) in [6, 6.07) is 5.76. The van der Waals surface area contributed by atoms with Gasteiger partial charge in [0, 0.05) is 18.3 Å². The Hall–Kier alpha value is -0.810. The molecule has 0 unspecified atom stereocenters. The van der Waals surface area contributed by atoms with Gasteiger partial charge < -0.3 is 15.4 Å². The molecule has 1 rings (SSSR count). The van der Waals surface area contributed by atoms with Crippen molar-refractivity contribution in [2.75, 3.05) is 19.0 Å². The summed E-state index contributed by atoms with van der Waals surface area (Å²) in [5, 5.41) is 6.90. The van der Waals surface area contributed by atoms with Gasteiger partial charge in [0.25, 0.3) is 0 Å². The van der Waals surface area contributed by atoms with Gasteiger partial charge in [0.15, 0.2) is 5.11 Å². The third-order valence-corrected chi connectivity index (χ3v) is 2.98. The van der Waals surface area contributed by atoms with E-state index in [1.807, 2.05) is 18.2 Å². The Balaban J connectivity index is 2.59. The fourth-order valence-corrected chi connectivity index (χ4v) is 1.82. The Kier molecular flexibility index (Phi) is 5.71. The van der Waals surface area contributed by atoms with Gasteiger partial charge in [-0.3, -0.25) is 0 Å². The minimum absolute atomic E-state index is 0.564. The average Bonchev–Trinajstić information content (AvgIpc) is 2.29. The van der Waals surface area contributed by atoms with E-state index in [9.17, 15) is 0 Å². The van der Waals surface area contributed by atoms with Gasteiger partial charge in [-0.1, -0.05) is 13.8 Å². The van der Waals surface area contributed by atoms with Crippen molar-refractivity contribution in [2.24, 2.45) is 5.92 Å². The van der Waals surface area contributed by atoms with Gasteiger partial charge in [-0.15, -0.1) is 0 Å². The molecule has 1 aromatic carbocycles. The zero-order valence-corrected chi connectivity index (χ0v) is 12.6. The number of nitrogens with one attached hydrogen (secondary N) is 2. The minimum Gasteiger partial charge on any atom is -0.495 e. The molecule has 0 saturated carbocycles. The quantitative estimate of drug-likeness (QED) is 0.834. The van der Waals surface area contributed by atoms with Crippen molar-refractivity contribution in [2.45, 2.75) is 13.8 Å². The highest BCUT2D eigenvalue weighted by Crippen LogP contribution is 2.27. The predicted molar refractivity (Wildman–Crippen MR) is 79.8 cm³/mol. The van der Waals surface area contributed by atoms with Crippen LogP contribution in [0.5, 0.6) is 5.75 Å². The number of thiocarbonyl (C=S) groups is 1. The van der Waals surface area contributed by atoms with Gasteiger partial charge in [-0.2, -0.15) is 0 Å². The Morgan fingerprint density at radius 2 is 2.18 bits per heavy atom. The van der Waals surface area contributed by atoms with Crippen LogP contribution in [0.15, 0.2) is 22.7 Å². The first kappa shape index (κ1) is 14.3. The van der Waals surface area contributed by atoms with Gasteiger partial charge in [-0.25, -0.2) is 0 Å². The highest BCUT2D eigenvalue weighted by molar-refractivity contribution is 9.10. The molecule has 0 heterocycles. The number of hydrogen-bond acceptors (Lipinski definition) is 2. The average molecular weight is 317 g/mol. The van der Waals surface area contributed by atoms with Crippen LogP contribution in [0.1, 0.15) is 13.8 Å². The Bertz CT molecular complexity index is 396. The molecule has 1 aromatic rings. The van der Waals surface area contributed by atoms with Crippen LogP contribution in [0.25, 0.3) is 0 Å². The van der Waals surface area contributed by atoms with E-state index in [1.165, 1.54) is 0 Å². The number of anilines is 1. The summed E-state index contributed by atoms with van der Waals surface area (Å²) in [6.07, 6.45) is 0. The summed E-state index contributed by atoms with van der Waals surface area (Å²) in [7, 11) is 1.64. The van der Waals surface area contributed by atoms with Crippen LogP contribution >= 0.6 is 28.1 Å². The normalized spacial score (nSPS) is 10.2. The number of ether oxygens (including phenoxy) is 1. The highest BCUT2D eigenvalue weighted by atomic mass is 79.9. The standard InChI is InChI=1S/C12H17BrN2OS/c1-8(2)7-14-12(17)15-9-4-5-10(13)11(6-9)16-3/h4-6,8H,7H2,1-3H3,(H2,14,15,17). The number of hydrogen-bond donors (Lipinski definition) is 2. The van der Waals surface area contributed by atoms with E-state index in [2.05, 4.69) is 40.4 Å². The lowest BCUT2D eigenvalue weighted by Gasteiger charge is -2.13. The summed E-state index contributed by atoms with van der Waals surface area (Å²) in [5.41, 5.74) is 0.909. The molecule has 0 spiro atoms. The van der Waals surface area contributed by atoms with Gasteiger partial charge in [-0.05, 0) is 46.2 Å². The van der Waals surface area contributed by atoms with Gasteiger partial charge >= 0.3 is 0 Å². The molecule has 0 amide bonds. The molecule has 0 saturated heterocycles. The molecular weight excluding hydrogens is 300 g/mol. The molecule has 0 aliphatic rings. The van der Waals surface area contributed by atoms with E-state index in [-0.39, 0.29) is 0 Å². The van der Waals surface area contributed by atoms with E-state index in [4.69, 9.17) is 17.0 Å². The van der Waals surface area contributed by atoms with Crippen LogP contribution in [-0.2, 0) is 0 Å². The van der Waals surface area contributed by atoms with Crippen molar-refractivity contribution in [3.63, 3.8) is 0 Å². The zero-order chi connectivity index (χ0) is 12.8. The van der Waals surface area contributed by atoms with E-state index < -0.39 is 0 Å². The number of benzene rings is 1. The maximum atomic E-state index is 5.21. The highest BCUT2D eigenvalue weighted by Gasteiger charge is 2.03. The van der Waals surface area contributed by atoms with E-state index >= 15 is 0 Å². The molecule has 0 aliphatic carbocycles. The second kappa shape index (κ2) is 6.81. The molecule has 0 fully saturated rings. The molecule has 0 aliphatic heterocycles. The topological polar surface area (TPSA) is 33.3 Å². The molecule has 0 aromatic heterocycles. The molecule has 3 nitrogen and oxygen atoms in total. The molecule has 0 atom stereocenters. The van der Waals surface area contributed by atoms with Crippen LogP contribution in [-0.4, -0.2) is 18.8 Å². The number of methoxy groups -OCH3 is 1. The number of halogens is 1. The van der Waals surface area contributed by atoms with Crippen molar-refractivity contribution in [3.05, 3.63) is 22.7 Å². The number of rotatable bonds is 4. The second-order valence-corrected chi connectivity index (χ2v) is 5.34. The molecule has 17 heavy (non-hydrogen) atoms. The predicted octanol–water partition coefficient (Wildman–Crippen LogP) is 3.40. The molecule has 0 radical (unpaired) electrons. The fourth-order valence-electron chi connectivity index (χ4n) is 1.21. The first-order valence-corrected chi connectivity index (χ1v) is 6.61. The molecule has 94 valence electrons. The van der Waals surface area contributed by atoms with Gasteiger partial charge in [0.05, 0.1) is 11.6 Å². The third kappa shape index (κ3) is 4.91. The van der Waals surface area contributed by atoms with Crippen LogP contribution in [0.2, 0.25) is 0 Å². The Morgan fingerprint density at radius 3 is 2.76 bits per heavy atom. The summed E-state index contributed by atoms with van der Waals surface area (Å²) in [6.45, 7) is 5.13. The summed E-state index contributed by atoms with van der Waals surface area (Å²) in [4.78, 5) is 0. The van der Waals surface area contributed by atoms with Crippen molar-refractivity contribution in [1.29, 1.82) is 0 Å². The molecule has 0 bridgehead atoms. The minimum atomic E-state index is 0.564. The van der Waals surface area contributed by atoms with E-state index in [0.717, 1.165) is 22.5 Å². The first-order valence-electron chi connectivity index (χ1n) is 5.41. The van der Waals surface area contributed by atoms with Gasteiger partial charge in [0.1, 0.15) is 5.75 Å². The third-order valence-electron chi connectivity index (χ3n) is 2.08. The molecule has 5 heteroatoms. The van der Waals surface area contributed by atoms with Gasteiger partial charge in [0.2, 0.25) is 0 Å². The maximum absolute atomic E-state index is 5.21. The van der Waals surface area contributed by atoms with Crippen molar-refractivity contribution < 1.29 is 4.74 Å². The van der Waals surface area contributed by atoms with Crippen LogP contribution in [0, 0.1) is 5.92 Å². The largest absolute Gasteiger partial charge is 0.495 e. The van der Waals surface area contributed by atoms with E-state index in [0.29, 0.717) is 11.0 Å². The fraction of sp³-hybridized carbons (Fsp3) is 0.417. The smallest absolute Gasteiger partial charge is 0.170 e. The van der Waals surface area contributed by atoms with Crippen molar-refractivity contribution >= 4 is 38.9 Å². The zero-order valence-electron chi connectivity index (χ0n) is 10.2. The lowest BCUT2D eigenvalue weighted by atomic mass is 10.2.